The summed E-state index contributed by atoms with van der Waals surface area (Å²) in [6.45, 7) is 5.23. The maximum Gasteiger partial charge on any atom is 0.222 e. The molecule has 1 heterocycles. The van der Waals surface area contributed by atoms with E-state index in [2.05, 4.69) is 17.3 Å². The van der Waals surface area contributed by atoms with Crippen molar-refractivity contribution in [3.05, 3.63) is 42.2 Å². The molecule has 0 fully saturated rings. The Balaban J connectivity index is 1.93. The lowest BCUT2D eigenvalue weighted by atomic mass is 10.1. The van der Waals surface area contributed by atoms with Gasteiger partial charge >= 0.3 is 0 Å². The van der Waals surface area contributed by atoms with Crippen molar-refractivity contribution in [3.63, 3.8) is 0 Å². The number of methoxy groups -OCH3 is 1. The fourth-order valence-corrected chi connectivity index (χ4v) is 2.33. The Hall–Kier alpha value is -2.50. The molecule has 2 rings (SSSR count). The van der Waals surface area contributed by atoms with Crippen LogP contribution in [0, 0.1) is 0 Å². The van der Waals surface area contributed by atoms with E-state index < -0.39 is 0 Å². The van der Waals surface area contributed by atoms with Crippen LogP contribution in [0.25, 0.3) is 0 Å². The summed E-state index contributed by atoms with van der Waals surface area (Å²) >= 11 is 0. The highest BCUT2D eigenvalue weighted by Gasteiger charge is 2.13. The molecule has 0 saturated carbocycles. The molecule has 0 aliphatic heterocycles. The number of rotatable bonds is 9. The van der Waals surface area contributed by atoms with Crippen LogP contribution in [0.15, 0.2) is 36.7 Å². The first-order valence-corrected chi connectivity index (χ1v) is 8.21. The van der Waals surface area contributed by atoms with Gasteiger partial charge in [0.25, 0.3) is 0 Å². The average molecular weight is 331 g/mol. The second kappa shape index (κ2) is 8.96. The molecule has 0 bridgehead atoms. The zero-order chi connectivity index (χ0) is 17.4. The zero-order valence-electron chi connectivity index (χ0n) is 14.5. The summed E-state index contributed by atoms with van der Waals surface area (Å²) < 4.78 is 12.8. The number of hydrogen-bond acceptors (Lipinski definition) is 4. The van der Waals surface area contributed by atoms with Crippen molar-refractivity contribution in [2.24, 2.45) is 0 Å². The molecule has 0 saturated heterocycles. The largest absolute Gasteiger partial charge is 0.493 e. The maximum atomic E-state index is 12.1. The van der Waals surface area contributed by atoms with Crippen LogP contribution in [0.2, 0.25) is 0 Å². The molecule has 6 nitrogen and oxygen atoms in total. The first kappa shape index (κ1) is 17.8. The molecule has 2 aromatic rings. The minimum Gasteiger partial charge on any atom is -0.493 e. The van der Waals surface area contributed by atoms with Gasteiger partial charge in [0.15, 0.2) is 11.5 Å². The van der Waals surface area contributed by atoms with Crippen molar-refractivity contribution in [1.29, 1.82) is 0 Å². The molecular weight excluding hydrogens is 306 g/mol. The van der Waals surface area contributed by atoms with Gasteiger partial charge in [-0.2, -0.15) is 5.10 Å². The Morgan fingerprint density at radius 1 is 1.38 bits per heavy atom. The topological polar surface area (TPSA) is 65.4 Å². The minimum atomic E-state index is -0.107. The number of carbonyl (C=O) groups is 1. The van der Waals surface area contributed by atoms with Crippen LogP contribution in [-0.2, 0) is 11.3 Å². The van der Waals surface area contributed by atoms with E-state index in [9.17, 15) is 4.79 Å². The van der Waals surface area contributed by atoms with Crippen LogP contribution >= 0.6 is 0 Å². The number of nitrogens with zero attached hydrogens (tertiary/aromatic N) is 2. The molecule has 6 heteroatoms. The Bertz CT molecular complexity index is 641. The molecular formula is C18H25N3O3. The van der Waals surface area contributed by atoms with Gasteiger partial charge < -0.3 is 14.8 Å². The van der Waals surface area contributed by atoms with E-state index in [1.54, 1.807) is 18.0 Å². The lowest BCUT2D eigenvalue weighted by Crippen LogP contribution is -2.27. The molecule has 24 heavy (non-hydrogen) atoms. The SMILES string of the molecule is CCCOc1ccc(C(C)NC(=O)CCn2cccn2)cc1OC. The molecule has 1 amide bonds. The highest BCUT2D eigenvalue weighted by Crippen LogP contribution is 2.30. The Morgan fingerprint density at radius 3 is 2.88 bits per heavy atom. The highest BCUT2D eigenvalue weighted by atomic mass is 16.5. The van der Waals surface area contributed by atoms with E-state index >= 15 is 0 Å². The van der Waals surface area contributed by atoms with E-state index in [-0.39, 0.29) is 11.9 Å². The monoisotopic (exact) mass is 331 g/mol. The Kier molecular flexibility index (Phi) is 6.66. The standard InChI is InChI=1S/C18H25N3O3/c1-4-12-24-16-7-6-15(13-17(16)23-3)14(2)20-18(22)8-11-21-10-5-9-19-21/h5-7,9-10,13-14H,4,8,11-12H2,1-3H3,(H,20,22). The maximum absolute atomic E-state index is 12.1. The summed E-state index contributed by atoms with van der Waals surface area (Å²) in [4.78, 5) is 12.1. The number of aromatic nitrogens is 2. The number of amides is 1. The van der Waals surface area contributed by atoms with Crippen LogP contribution in [-0.4, -0.2) is 29.4 Å². The van der Waals surface area contributed by atoms with Gasteiger partial charge in [-0.25, -0.2) is 0 Å². The normalized spacial score (nSPS) is 11.8. The molecule has 130 valence electrons. The van der Waals surface area contributed by atoms with Crippen molar-refractivity contribution >= 4 is 5.91 Å². The van der Waals surface area contributed by atoms with Crippen LogP contribution in [0.5, 0.6) is 11.5 Å². The van der Waals surface area contributed by atoms with Crippen molar-refractivity contribution in [2.75, 3.05) is 13.7 Å². The summed E-state index contributed by atoms with van der Waals surface area (Å²) in [5, 5.41) is 7.08. The van der Waals surface area contributed by atoms with Crippen LogP contribution < -0.4 is 14.8 Å². The number of benzene rings is 1. The summed E-state index contributed by atoms with van der Waals surface area (Å²) in [7, 11) is 1.62. The van der Waals surface area contributed by atoms with E-state index in [4.69, 9.17) is 9.47 Å². The third-order valence-electron chi connectivity index (χ3n) is 3.65. The van der Waals surface area contributed by atoms with Crippen LogP contribution in [0.4, 0.5) is 0 Å². The van der Waals surface area contributed by atoms with E-state index in [0.29, 0.717) is 25.3 Å². The molecule has 0 radical (unpaired) electrons. The van der Waals surface area contributed by atoms with Gasteiger partial charge in [-0.05, 0) is 37.1 Å². The lowest BCUT2D eigenvalue weighted by molar-refractivity contribution is -0.122. The summed E-state index contributed by atoms with van der Waals surface area (Å²) in [5.41, 5.74) is 0.975. The third kappa shape index (κ3) is 5.01. The van der Waals surface area contributed by atoms with Crippen LogP contribution in [0.3, 0.4) is 0 Å². The third-order valence-corrected chi connectivity index (χ3v) is 3.65. The van der Waals surface area contributed by atoms with Gasteiger partial charge in [0.05, 0.1) is 19.8 Å². The Morgan fingerprint density at radius 2 is 2.21 bits per heavy atom. The Labute approximate surface area is 142 Å². The number of nitrogens with one attached hydrogen (secondary N) is 1. The number of aryl methyl sites for hydroxylation is 1. The van der Waals surface area contributed by atoms with Gasteiger partial charge in [0, 0.05) is 25.4 Å². The van der Waals surface area contributed by atoms with Crippen molar-refractivity contribution in [3.8, 4) is 11.5 Å². The van der Waals surface area contributed by atoms with Gasteiger partial charge in [0.2, 0.25) is 5.91 Å². The predicted molar refractivity (Wildman–Crippen MR) is 92.2 cm³/mol. The fraction of sp³-hybridized carbons (Fsp3) is 0.444. The molecule has 1 aromatic carbocycles. The lowest BCUT2D eigenvalue weighted by Gasteiger charge is -2.17. The molecule has 0 aliphatic rings. The average Bonchev–Trinajstić information content (AvgIpc) is 3.11. The molecule has 1 unspecified atom stereocenters. The van der Waals surface area contributed by atoms with Gasteiger partial charge in [-0.1, -0.05) is 13.0 Å². The van der Waals surface area contributed by atoms with Gasteiger partial charge in [0.1, 0.15) is 0 Å². The molecule has 1 aromatic heterocycles. The summed E-state index contributed by atoms with van der Waals surface area (Å²) in [5.74, 6) is 1.39. The smallest absolute Gasteiger partial charge is 0.222 e. The second-order valence-electron chi connectivity index (χ2n) is 5.57. The molecule has 0 spiro atoms. The van der Waals surface area contributed by atoms with E-state index in [1.165, 1.54) is 0 Å². The van der Waals surface area contributed by atoms with E-state index in [0.717, 1.165) is 17.7 Å². The van der Waals surface area contributed by atoms with Gasteiger partial charge in [-0.3, -0.25) is 9.48 Å². The number of carbonyl (C=O) groups excluding carboxylic acids is 1. The minimum absolute atomic E-state index is 0.0109. The molecule has 1 atom stereocenters. The van der Waals surface area contributed by atoms with E-state index in [1.807, 2.05) is 37.4 Å². The quantitative estimate of drug-likeness (QED) is 0.767. The number of ether oxygens (including phenoxy) is 2. The first-order chi connectivity index (χ1) is 11.6. The fourth-order valence-electron chi connectivity index (χ4n) is 2.33. The number of hydrogen-bond donors (Lipinski definition) is 1. The molecule has 1 N–H and O–H groups in total. The first-order valence-electron chi connectivity index (χ1n) is 8.21. The zero-order valence-corrected chi connectivity index (χ0v) is 14.5. The van der Waals surface area contributed by atoms with Gasteiger partial charge in [-0.15, -0.1) is 0 Å². The molecule has 0 aliphatic carbocycles. The van der Waals surface area contributed by atoms with Crippen molar-refractivity contribution < 1.29 is 14.3 Å². The van der Waals surface area contributed by atoms with Crippen molar-refractivity contribution in [2.45, 2.75) is 39.3 Å². The van der Waals surface area contributed by atoms with Crippen molar-refractivity contribution in [1.82, 2.24) is 15.1 Å². The summed E-state index contributed by atoms with van der Waals surface area (Å²) in [6.07, 6.45) is 4.88. The second-order valence-corrected chi connectivity index (χ2v) is 5.57. The summed E-state index contributed by atoms with van der Waals surface area (Å²) in [6, 6.07) is 7.48. The van der Waals surface area contributed by atoms with Crippen LogP contribution in [0.1, 0.15) is 38.3 Å². The highest BCUT2D eigenvalue weighted by molar-refractivity contribution is 5.76. The predicted octanol–water partition coefficient (Wildman–Crippen LogP) is 2.95.